The Hall–Kier alpha value is -1.52. The number of anilines is 1. The molecule has 0 bridgehead atoms. The molecule has 2 nitrogen and oxygen atoms in total. The maximum atomic E-state index is 11.8. The van der Waals surface area contributed by atoms with E-state index in [0.29, 0.717) is 0 Å². The fourth-order valence-corrected chi connectivity index (χ4v) is 3.39. The zero-order valence-corrected chi connectivity index (χ0v) is 13.2. The number of benzene rings is 1. The number of hydrogen-bond donors (Lipinski definition) is 1. The quantitative estimate of drug-likeness (QED) is 0.626. The third kappa shape index (κ3) is 4.54. The Morgan fingerprint density at radius 1 is 1.30 bits per heavy atom. The second kappa shape index (κ2) is 7.31. The Kier molecular flexibility index (Phi) is 5.44. The Morgan fingerprint density at radius 2 is 2.10 bits per heavy atom. The highest BCUT2D eigenvalue weighted by atomic mass is 32.2. The summed E-state index contributed by atoms with van der Waals surface area (Å²) in [6, 6.07) is 10.0. The van der Waals surface area contributed by atoms with Gasteiger partial charge < -0.3 is 5.32 Å². The summed E-state index contributed by atoms with van der Waals surface area (Å²) in [7, 11) is 0. The van der Waals surface area contributed by atoms with E-state index in [2.05, 4.69) is 22.1 Å². The highest BCUT2D eigenvalue weighted by Crippen LogP contribution is 2.30. The van der Waals surface area contributed by atoms with E-state index in [1.165, 1.54) is 5.56 Å². The van der Waals surface area contributed by atoms with Crippen LogP contribution in [0.15, 0.2) is 57.6 Å². The number of amides is 1. The van der Waals surface area contributed by atoms with Gasteiger partial charge in [0.05, 0.1) is 5.69 Å². The first kappa shape index (κ1) is 14.9. The van der Waals surface area contributed by atoms with Gasteiger partial charge in [-0.15, -0.1) is 11.8 Å². The second-order valence-corrected chi connectivity index (χ2v) is 6.42. The molecule has 104 valence electrons. The zero-order chi connectivity index (χ0) is 14.4. The van der Waals surface area contributed by atoms with Gasteiger partial charge in [0.15, 0.2) is 0 Å². The van der Waals surface area contributed by atoms with Gasteiger partial charge >= 0.3 is 0 Å². The predicted octanol–water partition coefficient (Wildman–Crippen LogP) is 4.95. The van der Waals surface area contributed by atoms with Crippen molar-refractivity contribution >= 4 is 34.7 Å². The highest BCUT2D eigenvalue weighted by molar-refractivity contribution is 7.98. The van der Waals surface area contributed by atoms with Crippen LogP contribution in [0.4, 0.5) is 5.69 Å². The first-order valence-electron chi connectivity index (χ1n) is 6.34. The molecule has 0 saturated heterocycles. The molecule has 0 radical (unpaired) electrons. The minimum absolute atomic E-state index is 0.0754. The summed E-state index contributed by atoms with van der Waals surface area (Å²) in [6.07, 6.45) is 1.61. The van der Waals surface area contributed by atoms with Crippen molar-refractivity contribution < 1.29 is 4.79 Å². The number of carbonyl (C=O) groups is 1. The first-order chi connectivity index (χ1) is 9.65. The monoisotopic (exact) mass is 303 g/mol. The standard InChI is InChI=1S/C16H17NOS2/c1-12(2)9-16(18)17-14-5-3-4-6-15(14)20-11-13-7-8-19-10-13/h3-10H,11H2,1-2H3,(H,17,18). The lowest BCUT2D eigenvalue weighted by Crippen LogP contribution is -2.09. The third-order valence-corrected chi connectivity index (χ3v) is 4.42. The van der Waals surface area contributed by atoms with Crippen LogP contribution in [-0.2, 0) is 10.5 Å². The van der Waals surface area contributed by atoms with Crippen molar-refractivity contribution in [1.82, 2.24) is 0 Å². The SMILES string of the molecule is CC(C)=CC(=O)Nc1ccccc1SCc1ccsc1. The van der Waals surface area contributed by atoms with E-state index in [1.807, 2.05) is 38.1 Å². The molecule has 1 N–H and O–H groups in total. The molecule has 1 aromatic heterocycles. The molecular formula is C16H17NOS2. The van der Waals surface area contributed by atoms with Gasteiger partial charge in [-0.2, -0.15) is 11.3 Å². The molecule has 0 fully saturated rings. The lowest BCUT2D eigenvalue weighted by molar-refractivity contribution is -0.112. The van der Waals surface area contributed by atoms with Crippen LogP contribution < -0.4 is 5.32 Å². The lowest BCUT2D eigenvalue weighted by Gasteiger charge is -2.09. The molecule has 1 amide bonds. The van der Waals surface area contributed by atoms with Gasteiger partial charge in [0.1, 0.15) is 0 Å². The summed E-state index contributed by atoms with van der Waals surface area (Å²) in [5.41, 5.74) is 3.17. The summed E-state index contributed by atoms with van der Waals surface area (Å²) >= 11 is 3.44. The lowest BCUT2D eigenvalue weighted by atomic mass is 10.3. The summed E-state index contributed by atoms with van der Waals surface area (Å²) in [4.78, 5) is 12.9. The molecule has 4 heteroatoms. The number of thioether (sulfide) groups is 1. The van der Waals surface area contributed by atoms with Crippen molar-refractivity contribution in [3.63, 3.8) is 0 Å². The maximum Gasteiger partial charge on any atom is 0.248 e. The molecule has 0 atom stereocenters. The van der Waals surface area contributed by atoms with Crippen molar-refractivity contribution in [2.75, 3.05) is 5.32 Å². The highest BCUT2D eigenvalue weighted by Gasteiger charge is 2.05. The minimum atomic E-state index is -0.0754. The fourth-order valence-electron chi connectivity index (χ4n) is 1.66. The smallest absolute Gasteiger partial charge is 0.248 e. The van der Waals surface area contributed by atoms with Crippen LogP contribution in [0.25, 0.3) is 0 Å². The van der Waals surface area contributed by atoms with E-state index >= 15 is 0 Å². The summed E-state index contributed by atoms with van der Waals surface area (Å²) < 4.78 is 0. The molecule has 0 unspecified atom stereocenters. The maximum absolute atomic E-state index is 11.8. The van der Waals surface area contributed by atoms with E-state index in [4.69, 9.17) is 0 Å². The van der Waals surface area contributed by atoms with E-state index < -0.39 is 0 Å². The van der Waals surface area contributed by atoms with Gasteiger partial charge in [-0.1, -0.05) is 17.7 Å². The van der Waals surface area contributed by atoms with E-state index in [0.717, 1.165) is 21.9 Å². The fraction of sp³-hybridized carbons (Fsp3) is 0.188. The summed E-state index contributed by atoms with van der Waals surface area (Å²) in [5.74, 6) is 0.840. The van der Waals surface area contributed by atoms with Crippen LogP contribution >= 0.6 is 23.1 Å². The topological polar surface area (TPSA) is 29.1 Å². The molecule has 1 aromatic carbocycles. The molecule has 0 spiro atoms. The molecule has 0 aliphatic carbocycles. The Balaban J connectivity index is 2.06. The van der Waals surface area contributed by atoms with Crippen LogP contribution in [0.3, 0.4) is 0 Å². The van der Waals surface area contributed by atoms with Gasteiger partial charge in [0.2, 0.25) is 5.91 Å². The molecule has 0 aliphatic heterocycles. The number of rotatable bonds is 5. The van der Waals surface area contributed by atoms with Gasteiger partial charge in [0, 0.05) is 16.7 Å². The van der Waals surface area contributed by atoms with Crippen molar-refractivity contribution in [1.29, 1.82) is 0 Å². The Bertz CT molecular complexity index is 599. The van der Waals surface area contributed by atoms with Crippen molar-refractivity contribution in [2.45, 2.75) is 24.5 Å². The molecule has 0 aliphatic rings. The van der Waals surface area contributed by atoms with Crippen molar-refractivity contribution in [3.05, 3.63) is 58.3 Å². The molecule has 20 heavy (non-hydrogen) atoms. The van der Waals surface area contributed by atoms with E-state index in [9.17, 15) is 4.79 Å². The predicted molar refractivity (Wildman–Crippen MR) is 88.4 cm³/mol. The third-order valence-electron chi connectivity index (χ3n) is 2.54. The molecule has 0 saturated carbocycles. The number of thiophene rings is 1. The summed E-state index contributed by atoms with van der Waals surface area (Å²) in [5, 5.41) is 7.17. The zero-order valence-electron chi connectivity index (χ0n) is 11.6. The van der Waals surface area contributed by atoms with Gasteiger partial charge in [-0.25, -0.2) is 0 Å². The number of nitrogens with one attached hydrogen (secondary N) is 1. The Labute approximate surface area is 127 Å². The molecule has 2 rings (SSSR count). The Morgan fingerprint density at radius 3 is 2.80 bits per heavy atom. The van der Waals surface area contributed by atoms with Gasteiger partial charge in [-0.3, -0.25) is 4.79 Å². The first-order valence-corrected chi connectivity index (χ1v) is 8.27. The van der Waals surface area contributed by atoms with E-state index in [-0.39, 0.29) is 5.91 Å². The average molecular weight is 303 g/mol. The summed E-state index contributed by atoms with van der Waals surface area (Å²) in [6.45, 7) is 3.83. The normalized spacial score (nSPS) is 10.1. The second-order valence-electron chi connectivity index (χ2n) is 4.63. The van der Waals surface area contributed by atoms with Crippen LogP contribution in [0.1, 0.15) is 19.4 Å². The van der Waals surface area contributed by atoms with E-state index in [1.54, 1.807) is 29.2 Å². The van der Waals surface area contributed by atoms with Gasteiger partial charge in [0.25, 0.3) is 0 Å². The van der Waals surface area contributed by atoms with Crippen LogP contribution in [0, 0.1) is 0 Å². The minimum Gasteiger partial charge on any atom is -0.321 e. The number of allylic oxidation sites excluding steroid dienone is 1. The average Bonchev–Trinajstić information content (AvgIpc) is 2.90. The van der Waals surface area contributed by atoms with Crippen LogP contribution in [0.5, 0.6) is 0 Å². The number of para-hydroxylation sites is 1. The number of hydrogen-bond acceptors (Lipinski definition) is 3. The van der Waals surface area contributed by atoms with Crippen molar-refractivity contribution in [3.8, 4) is 0 Å². The largest absolute Gasteiger partial charge is 0.321 e. The van der Waals surface area contributed by atoms with Crippen LogP contribution in [-0.4, -0.2) is 5.91 Å². The number of carbonyl (C=O) groups excluding carboxylic acids is 1. The van der Waals surface area contributed by atoms with Crippen LogP contribution in [0.2, 0.25) is 0 Å². The van der Waals surface area contributed by atoms with Crippen molar-refractivity contribution in [2.24, 2.45) is 0 Å². The van der Waals surface area contributed by atoms with Gasteiger partial charge in [-0.05, 0) is 48.4 Å². The molecule has 2 aromatic rings. The molecular weight excluding hydrogens is 286 g/mol. The molecule has 1 heterocycles.